The summed E-state index contributed by atoms with van der Waals surface area (Å²) in [6.07, 6.45) is 3.29. The highest BCUT2D eigenvalue weighted by atomic mass is 35.5. The van der Waals surface area contributed by atoms with E-state index in [0.717, 1.165) is 11.0 Å². The summed E-state index contributed by atoms with van der Waals surface area (Å²) in [5.41, 5.74) is 0. The predicted molar refractivity (Wildman–Crippen MR) is 36.9 cm³/mol. The van der Waals surface area contributed by atoms with Crippen LogP contribution in [-0.4, -0.2) is 0 Å². The van der Waals surface area contributed by atoms with Gasteiger partial charge < -0.3 is 0 Å². The highest BCUT2D eigenvalue weighted by Crippen LogP contribution is 2.32. The van der Waals surface area contributed by atoms with Crippen LogP contribution in [0.2, 0.25) is 0 Å². The molecule has 0 aliphatic heterocycles. The standard InChI is InChI=1S/C7H11Cl/c1-5-3-4-7(8)6(5)2/h4-6H,3H2,1-2H3. The lowest BCUT2D eigenvalue weighted by Crippen LogP contribution is -1.99. The van der Waals surface area contributed by atoms with E-state index in [2.05, 4.69) is 19.9 Å². The Kier molecular flexibility index (Phi) is 1.62. The molecule has 0 nitrogen and oxygen atoms in total. The van der Waals surface area contributed by atoms with Crippen molar-refractivity contribution in [1.82, 2.24) is 0 Å². The minimum Gasteiger partial charge on any atom is -0.0892 e. The van der Waals surface area contributed by atoms with E-state index < -0.39 is 0 Å². The number of rotatable bonds is 0. The van der Waals surface area contributed by atoms with Gasteiger partial charge in [0.15, 0.2) is 0 Å². The van der Waals surface area contributed by atoms with E-state index in [9.17, 15) is 0 Å². The van der Waals surface area contributed by atoms with Gasteiger partial charge in [-0.05, 0) is 18.3 Å². The largest absolute Gasteiger partial charge is 0.0892 e. The molecule has 0 aromatic heterocycles. The quantitative estimate of drug-likeness (QED) is 0.473. The Hall–Kier alpha value is 0.0300. The van der Waals surface area contributed by atoms with Crippen molar-refractivity contribution in [2.45, 2.75) is 20.3 Å². The molecule has 46 valence electrons. The molecule has 0 aromatic rings. The average molecular weight is 131 g/mol. The zero-order valence-electron chi connectivity index (χ0n) is 5.32. The van der Waals surface area contributed by atoms with Crippen molar-refractivity contribution in [3.63, 3.8) is 0 Å². The van der Waals surface area contributed by atoms with Crippen LogP contribution in [0.3, 0.4) is 0 Å². The van der Waals surface area contributed by atoms with E-state index in [-0.39, 0.29) is 0 Å². The Morgan fingerprint density at radius 1 is 1.62 bits per heavy atom. The fraction of sp³-hybridized carbons (Fsp3) is 0.714. The third kappa shape index (κ3) is 0.899. The van der Waals surface area contributed by atoms with E-state index >= 15 is 0 Å². The molecular formula is C7H11Cl. The third-order valence-electron chi connectivity index (χ3n) is 1.97. The Morgan fingerprint density at radius 3 is 2.38 bits per heavy atom. The second-order valence-electron chi connectivity index (χ2n) is 2.59. The lowest BCUT2D eigenvalue weighted by atomic mass is 10.0. The maximum absolute atomic E-state index is 5.82. The molecule has 0 radical (unpaired) electrons. The van der Waals surface area contributed by atoms with Crippen molar-refractivity contribution in [1.29, 1.82) is 0 Å². The van der Waals surface area contributed by atoms with Crippen LogP contribution >= 0.6 is 11.6 Å². The van der Waals surface area contributed by atoms with E-state index in [1.165, 1.54) is 6.42 Å². The van der Waals surface area contributed by atoms with Gasteiger partial charge in [-0.25, -0.2) is 0 Å². The molecule has 0 amide bonds. The highest BCUT2D eigenvalue weighted by Gasteiger charge is 2.19. The molecule has 1 rings (SSSR count). The van der Waals surface area contributed by atoms with Crippen molar-refractivity contribution < 1.29 is 0 Å². The molecule has 0 saturated carbocycles. The first kappa shape index (κ1) is 6.15. The zero-order valence-corrected chi connectivity index (χ0v) is 6.07. The monoisotopic (exact) mass is 130 g/mol. The van der Waals surface area contributed by atoms with Gasteiger partial charge in [0, 0.05) is 5.03 Å². The Bertz CT molecular complexity index is 116. The topological polar surface area (TPSA) is 0 Å². The Morgan fingerprint density at radius 2 is 2.25 bits per heavy atom. The van der Waals surface area contributed by atoms with E-state index in [1.807, 2.05) is 0 Å². The molecular weight excluding hydrogens is 120 g/mol. The predicted octanol–water partition coefficient (Wildman–Crippen LogP) is 2.79. The van der Waals surface area contributed by atoms with Crippen LogP contribution < -0.4 is 0 Å². The van der Waals surface area contributed by atoms with Crippen LogP contribution in [0.1, 0.15) is 20.3 Å². The smallest absolute Gasteiger partial charge is 0.0172 e. The molecule has 0 saturated heterocycles. The lowest BCUT2D eigenvalue weighted by molar-refractivity contribution is 0.492. The van der Waals surface area contributed by atoms with E-state index in [0.29, 0.717) is 5.92 Å². The van der Waals surface area contributed by atoms with Crippen LogP contribution in [-0.2, 0) is 0 Å². The average Bonchev–Trinajstić information content (AvgIpc) is 1.98. The SMILES string of the molecule is CC1CC=C(Cl)C1C. The van der Waals surface area contributed by atoms with Crippen LogP contribution in [0.25, 0.3) is 0 Å². The van der Waals surface area contributed by atoms with Gasteiger partial charge >= 0.3 is 0 Å². The minimum atomic E-state index is 0.608. The lowest BCUT2D eigenvalue weighted by Gasteiger charge is -2.07. The number of halogens is 1. The summed E-state index contributed by atoms with van der Waals surface area (Å²) in [5, 5.41) is 1.05. The van der Waals surface area contributed by atoms with Crippen molar-refractivity contribution in [3.05, 3.63) is 11.1 Å². The molecule has 0 heterocycles. The molecule has 0 N–H and O–H groups in total. The third-order valence-corrected chi connectivity index (χ3v) is 2.47. The van der Waals surface area contributed by atoms with Gasteiger partial charge in [-0.3, -0.25) is 0 Å². The first-order valence-corrected chi connectivity index (χ1v) is 3.45. The fourth-order valence-corrected chi connectivity index (χ4v) is 1.26. The summed E-state index contributed by atoms with van der Waals surface area (Å²) in [7, 11) is 0. The molecule has 0 aromatic carbocycles. The zero-order chi connectivity index (χ0) is 6.15. The minimum absolute atomic E-state index is 0.608. The van der Waals surface area contributed by atoms with Crippen LogP contribution in [0.4, 0.5) is 0 Å². The maximum atomic E-state index is 5.82. The fourth-order valence-electron chi connectivity index (χ4n) is 0.960. The van der Waals surface area contributed by atoms with Gasteiger partial charge in [0.25, 0.3) is 0 Å². The summed E-state index contributed by atoms with van der Waals surface area (Å²) in [4.78, 5) is 0. The normalized spacial score (nSPS) is 37.6. The first-order valence-electron chi connectivity index (χ1n) is 3.07. The molecule has 1 aliphatic rings. The van der Waals surface area contributed by atoms with Crippen LogP contribution in [0, 0.1) is 11.8 Å². The van der Waals surface area contributed by atoms with Gasteiger partial charge in [-0.15, -0.1) is 0 Å². The van der Waals surface area contributed by atoms with Crippen molar-refractivity contribution in [3.8, 4) is 0 Å². The van der Waals surface area contributed by atoms with E-state index in [4.69, 9.17) is 11.6 Å². The number of hydrogen-bond donors (Lipinski definition) is 0. The van der Waals surface area contributed by atoms with Gasteiger partial charge in [-0.1, -0.05) is 31.5 Å². The molecule has 0 spiro atoms. The molecule has 1 aliphatic carbocycles. The molecule has 0 bridgehead atoms. The van der Waals surface area contributed by atoms with Crippen LogP contribution in [0.15, 0.2) is 11.1 Å². The molecule has 8 heavy (non-hydrogen) atoms. The van der Waals surface area contributed by atoms with Gasteiger partial charge in [0.05, 0.1) is 0 Å². The highest BCUT2D eigenvalue weighted by molar-refractivity contribution is 6.30. The summed E-state index contributed by atoms with van der Waals surface area (Å²) < 4.78 is 0. The molecule has 2 atom stereocenters. The van der Waals surface area contributed by atoms with Gasteiger partial charge in [-0.2, -0.15) is 0 Å². The summed E-state index contributed by atoms with van der Waals surface area (Å²) >= 11 is 5.82. The molecule has 1 heteroatoms. The Balaban J connectivity index is 2.59. The summed E-state index contributed by atoms with van der Waals surface area (Å²) in [6.45, 7) is 4.41. The molecule has 2 unspecified atom stereocenters. The van der Waals surface area contributed by atoms with Crippen molar-refractivity contribution in [2.24, 2.45) is 11.8 Å². The van der Waals surface area contributed by atoms with Crippen molar-refractivity contribution >= 4 is 11.6 Å². The van der Waals surface area contributed by atoms with Gasteiger partial charge in [0.2, 0.25) is 0 Å². The first-order chi connectivity index (χ1) is 3.72. The second kappa shape index (κ2) is 2.10. The summed E-state index contributed by atoms with van der Waals surface area (Å²) in [5.74, 6) is 1.37. The second-order valence-corrected chi connectivity index (χ2v) is 3.03. The Labute approximate surface area is 55.5 Å². The van der Waals surface area contributed by atoms with Crippen molar-refractivity contribution in [2.75, 3.05) is 0 Å². The maximum Gasteiger partial charge on any atom is 0.0172 e. The number of allylic oxidation sites excluding steroid dienone is 2. The summed E-state index contributed by atoms with van der Waals surface area (Å²) in [6, 6.07) is 0. The molecule has 0 fully saturated rings. The van der Waals surface area contributed by atoms with Crippen LogP contribution in [0.5, 0.6) is 0 Å². The number of hydrogen-bond acceptors (Lipinski definition) is 0. The van der Waals surface area contributed by atoms with Gasteiger partial charge in [0.1, 0.15) is 0 Å². The van der Waals surface area contributed by atoms with E-state index in [1.54, 1.807) is 0 Å².